The van der Waals surface area contributed by atoms with Crippen molar-refractivity contribution in [2.45, 2.75) is 57.7 Å². The van der Waals surface area contributed by atoms with Gasteiger partial charge in [0.25, 0.3) is 5.91 Å². The number of phosphoric ester groups is 1. The number of phosphoric acid groups is 1. The molecule has 4 N–H and O–H groups in total. The lowest BCUT2D eigenvalue weighted by molar-refractivity contribution is 0.0820. The maximum Gasteiger partial charge on any atom is 0.469 e. The Hall–Kier alpha value is -2.43. The number of fused-ring (bicyclic) bond motifs is 1. The number of rotatable bonds is 10. The van der Waals surface area contributed by atoms with Crippen molar-refractivity contribution in [2.75, 3.05) is 29.9 Å². The van der Waals surface area contributed by atoms with Crippen LogP contribution >= 0.6 is 19.4 Å². The number of carbonyl (C=O) groups is 1. The van der Waals surface area contributed by atoms with Gasteiger partial charge in [-0.05, 0) is 68.6 Å². The van der Waals surface area contributed by atoms with Gasteiger partial charge in [0.2, 0.25) is 5.95 Å². The number of carbonyl (C=O) groups excluding carboxylic acids is 1. The van der Waals surface area contributed by atoms with Crippen molar-refractivity contribution in [2.24, 2.45) is 11.8 Å². The monoisotopic (exact) mass is 565 g/mol. The van der Waals surface area contributed by atoms with Crippen molar-refractivity contribution in [1.29, 1.82) is 0 Å². The van der Waals surface area contributed by atoms with Crippen LogP contribution in [0.5, 0.6) is 5.75 Å². The molecule has 2 atom stereocenters. The van der Waals surface area contributed by atoms with E-state index in [-0.39, 0.29) is 11.9 Å². The van der Waals surface area contributed by atoms with Gasteiger partial charge in [0.05, 0.1) is 17.7 Å². The first-order chi connectivity index (χ1) is 18.2. The average molecular weight is 566 g/mol. The zero-order valence-corrected chi connectivity index (χ0v) is 22.8. The van der Waals surface area contributed by atoms with Crippen molar-refractivity contribution < 1.29 is 28.4 Å². The summed E-state index contributed by atoms with van der Waals surface area (Å²) in [6.45, 7) is 4.69. The molecule has 11 nitrogen and oxygen atoms in total. The van der Waals surface area contributed by atoms with Crippen molar-refractivity contribution in [1.82, 2.24) is 15.3 Å². The molecule has 0 spiro atoms. The standard InChI is InChI=1S/C25H33ClN5O6P/c1-2-36-22-8-3-15(9-21(22)26)11-27-23-20(12-28-25(30-23)31-13-16-10-17(16)14-31)24(32)29-18-4-6-19(7-5-18)37-38(33,34)35/h3,8-9,12,16-19H,2,4-7,10-11,13-14H2,1H3,(H,29,32)(H,27,28,30)(H2,33,34,35)/t16?,17?,18-,19-. The van der Waals surface area contributed by atoms with Crippen molar-refractivity contribution in [3.05, 3.63) is 40.5 Å². The Morgan fingerprint density at radius 3 is 2.61 bits per heavy atom. The number of piperidine rings is 1. The fraction of sp³-hybridized carbons (Fsp3) is 0.560. The highest BCUT2D eigenvalue weighted by Crippen LogP contribution is 2.46. The number of ether oxygens (including phenoxy) is 1. The summed E-state index contributed by atoms with van der Waals surface area (Å²) < 4.78 is 21.4. The number of halogens is 1. The van der Waals surface area contributed by atoms with Gasteiger partial charge >= 0.3 is 7.82 Å². The lowest BCUT2D eigenvalue weighted by atomic mass is 9.93. The molecule has 2 aliphatic carbocycles. The van der Waals surface area contributed by atoms with Crippen LogP contribution in [0, 0.1) is 11.8 Å². The quantitative estimate of drug-likeness (QED) is 0.314. The minimum absolute atomic E-state index is 0.137. The minimum atomic E-state index is -4.53. The van der Waals surface area contributed by atoms with Crippen LogP contribution in [0.4, 0.5) is 11.8 Å². The topological polar surface area (TPSA) is 146 Å². The molecular formula is C25H33ClN5O6P. The molecule has 1 aliphatic heterocycles. The number of hydrogen-bond donors (Lipinski definition) is 4. The molecule has 2 aromatic rings. The van der Waals surface area contributed by atoms with Gasteiger partial charge in [-0.2, -0.15) is 4.98 Å². The van der Waals surface area contributed by atoms with Gasteiger partial charge in [0.15, 0.2) is 0 Å². The Morgan fingerprint density at radius 2 is 1.95 bits per heavy atom. The van der Waals surface area contributed by atoms with E-state index in [4.69, 9.17) is 35.6 Å². The van der Waals surface area contributed by atoms with Crippen LogP contribution in [0.25, 0.3) is 0 Å². The summed E-state index contributed by atoms with van der Waals surface area (Å²) in [5, 5.41) is 6.85. The number of anilines is 2. The van der Waals surface area contributed by atoms with E-state index in [9.17, 15) is 9.36 Å². The Labute approximate surface area is 226 Å². The number of nitrogens with zero attached hydrogens (tertiary/aromatic N) is 3. The molecule has 2 heterocycles. The molecule has 1 saturated heterocycles. The highest BCUT2D eigenvalue weighted by Gasteiger charge is 2.46. The molecule has 13 heteroatoms. The molecule has 0 bridgehead atoms. The van der Waals surface area contributed by atoms with Crippen LogP contribution in [-0.2, 0) is 15.6 Å². The van der Waals surface area contributed by atoms with Crippen LogP contribution in [0.2, 0.25) is 5.02 Å². The Kier molecular flexibility index (Phi) is 8.11. The summed E-state index contributed by atoms with van der Waals surface area (Å²) in [4.78, 5) is 42.8. The fourth-order valence-electron chi connectivity index (χ4n) is 5.27. The molecule has 3 aliphatic rings. The Bertz CT molecular complexity index is 1210. The first kappa shape index (κ1) is 27.1. The zero-order chi connectivity index (χ0) is 26.9. The van der Waals surface area contributed by atoms with E-state index < -0.39 is 13.9 Å². The predicted octanol–water partition coefficient (Wildman–Crippen LogP) is 3.75. The molecule has 0 radical (unpaired) electrons. The second-order valence-corrected chi connectivity index (χ2v) is 11.8. The second-order valence-electron chi connectivity index (χ2n) is 10.2. The molecule has 5 rings (SSSR count). The highest BCUT2D eigenvalue weighted by molar-refractivity contribution is 7.46. The maximum atomic E-state index is 13.3. The molecule has 1 amide bonds. The van der Waals surface area contributed by atoms with Gasteiger partial charge in [-0.1, -0.05) is 17.7 Å². The summed E-state index contributed by atoms with van der Waals surface area (Å²) in [7, 11) is -4.53. The summed E-state index contributed by atoms with van der Waals surface area (Å²) in [6.07, 6.45) is 4.33. The van der Waals surface area contributed by atoms with Gasteiger partial charge in [0, 0.05) is 31.9 Å². The molecule has 3 fully saturated rings. The molecule has 2 saturated carbocycles. The zero-order valence-electron chi connectivity index (χ0n) is 21.2. The van der Waals surface area contributed by atoms with Crippen molar-refractivity contribution in [3.63, 3.8) is 0 Å². The van der Waals surface area contributed by atoms with E-state index in [1.807, 2.05) is 25.1 Å². The molecule has 1 aromatic heterocycles. The third-order valence-electron chi connectivity index (χ3n) is 7.33. The van der Waals surface area contributed by atoms with E-state index in [1.165, 1.54) is 6.42 Å². The molecule has 38 heavy (non-hydrogen) atoms. The van der Waals surface area contributed by atoms with Gasteiger partial charge in [-0.3, -0.25) is 9.32 Å². The number of amides is 1. The molecule has 1 aromatic carbocycles. The van der Waals surface area contributed by atoms with E-state index in [2.05, 4.69) is 20.5 Å². The predicted molar refractivity (Wildman–Crippen MR) is 142 cm³/mol. The molecular weight excluding hydrogens is 533 g/mol. The Morgan fingerprint density at radius 1 is 1.21 bits per heavy atom. The van der Waals surface area contributed by atoms with Crippen LogP contribution in [0.1, 0.15) is 54.9 Å². The van der Waals surface area contributed by atoms with Crippen LogP contribution in [0.3, 0.4) is 0 Å². The largest absolute Gasteiger partial charge is 0.492 e. The van der Waals surface area contributed by atoms with Crippen molar-refractivity contribution >= 4 is 37.1 Å². The Balaban J connectivity index is 1.27. The fourth-order valence-corrected chi connectivity index (χ4v) is 6.13. The van der Waals surface area contributed by atoms with Crippen LogP contribution in [0.15, 0.2) is 24.4 Å². The number of nitrogens with one attached hydrogen (secondary N) is 2. The van der Waals surface area contributed by atoms with E-state index in [0.29, 0.717) is 78.8 Å². The van der Waals surface area contributed by atoms with Crippen molar-refractivity contribution in [3.8, 4) is 5.75 Å². The number of benzene rings is 1. The summed E-state index contributed by atoms with van der Waals surface area (Å²) >= 11 is 6.35. The SMILES string of the molecule is CCOc1ccc(CNc2nc(N3CC4CC4C3)ncc2C(=O)N[C@H]2CC[C@H](OP(=O)(O)O)CC2)cc1Cl. The third kappa shape index (κ3) is 6.76. The summed E-state index contributed by atoms with van der Waals surface area (Å²) in [5.41, 5.74) is 1.25. The lowest BCUT2D eigenvalue weighted by Crippen LogP contribution is -2.39. The first-order valence-electron chi connectivity index (χ1n) is 13.0. The van der Waals surface area contributed by atoms with Gasteiger partial charge in [-0.25, -0.2) is 9.55 Å². The first-order valence-corrected chi connectivity index (χ1v) is 14.9. The minimum Gasteiger partial charge on any atom is -0.492 e. The van der Waals surface area contributed by atoms with E-state index in [1.54, 1.807) is 6.20 Å². The van der Waals surface area contributed by atoms with Crippen LogP contribution < -0.4 is 20.3 Å². The summed E-state index contributed by atoms with van der Waals surface area (Å²) in [6, 6.07) is 5.43. The second kappa shape index (κ2) is 11.4. The third-order valence-corrected chi connectivity index (χ3v) is 8.20. The summed E-state index contributed by atoms with van der Waals surface area (Å²) in [5.74, 6) is 2.80. The average Bonchev–Trinajstić information content (AvgIpc) is 3.49. The molecule has 2 unspecified atom stereocenters. The van der Waals surface area contributed by atoms with Gasteiger partial charge < -0.3 is 30.1 Å². The lowest BCUT2D eigenvalue weighted by Gasteiger charge is -2.29. The number of aromatic nitrogens is 2. The van der Waals surface area contributed by atoms with Crippen LogP contribution in [-0.4, -0.2) is 57.5 Å². The smallest absolute Gasteiger partial charge is 0.469 e. The molecule has 206 valence electrons. The normalized spacial score (nSPS) is 24.6. The van der Waals surface area contributed by atoms with Gasteiger partial charge in [-0.15, -0.1) is 0 Å². The highest BCUT2D eigenvalue weighted by atomic mass is 35.5. The van der Waals surface area contributed by atoms with Gasteiger partial charge in [0.1, 0.15) is 17.1 Å². The maximum absolute atomic E-state index is 13.3. The van der Waals surface area contributed by atoms with E-state index >= 15 is 0 Å². The number of hydrogen-bond acceptors (Lipinski definition) is 8. The van der Waals surface area contributed by atoms with E-state index in [0.717, 1.165) is 18.7 Å².